The predicted molar refractivity (Wildman–Crippen MR) is 124 cm³/mol. The van der Waals surface area contributed by atoms with E-state index in [4.69, 9.17) is 4.74 Å². The van der Waals surface area contributed by atoms with E-state index in [1.807, 2.05) is 12.3 Å². The van der Waals surface area contributed by atoms with Crippen LogP contribution in [0.25, 0.3) is 11.1 Å². The number of benzene rings is 1. The van der Waals surface area contributed by atoms with Crippen LogP contribution in [0.2, 0.25) is 0 Å². The zero-order valence-corrected chi connectivity index (χ0v) is 18.5. The van der Waals surface area contributed by atoms with Crippen molar-refractivity contribution in [2.75, 3.05) is 45.9 Å². The number of aromatic nitrogens is 1. The van der Waals surface area contributed by atoms with E-state index in [2.05, 4.69) is 58.1 Å². The number of nitrogens with zero attached hydrogens (tertiary/aromatic N) is 3. The van der Waals surface area contributed by atoms with Crippen molar-refractivity contribution in [1.82, 2.24) is 14.8 Å². The molecule has 164 valence electrons. The molecule has 3 heterocycles. The molecule has 5 nitrogen and oxygen atoms in total. The number of hydrogen-bond donors (Lipinski definition) is 0. The van der Waals surface area contributed by atoms with Gasteiger partial charge in [0.1, 0.15) is 0 Å². The first-order valence-electron chi connectivity index (χ1n) is 11.5. The van der Waals surface area contributed by atoms with E-state index in [-0.39, 0.29) is 5.92 Å². The standard InChI is InChI=1S/C26H33N3O2/c1-2-12-29-14-13-28(18-22-5-4-15-31-20-22)19-25(26(29)30)16-21-7-9-23(10-8-21)24-6-3-11-27-17-24/h3,5-11,17,25H,2,4,12-16,18-20H2,1H3. The maximum atomic E-state index is 13.3. The van der Waals surface area contributed by atoms with Crippen LogP contribution in [-0.2, 0) is 16.0 Å². The van der Waals surface area contributed by atoms with Crippen molar-refractivity contribution >= 4 is 5.91 Å². The summed E-state index contributed by atoms with van der Waals surface area (Å²) in [6.07, 6.45) is 8.76. The molecule has 1 unspecified atom stereocenters. The molecule has 0 N–H and O–H groups in total. The number of hydrogen-bond acceptors (Lipinski definition) is 4. The van der Waals surface area contributed by atoms with Crippen LogP contribution in [-0.4, -0.2) is 66.6 Å². The lowest BCUT2D eigenvalue weighted by Gasteiger charge is -2.25. The first-order chi connectivity index (χ1) is 15.2. The van der Waals surface area contributed by atoms with Crippen LogP contribution in [0.4, 0.5) is 0 Å². The Balaban J connectivity index is 1.47. The van der Waals surface area contributed by atoms with E-state index in [0.717, 1.165) is 76.3 Å². The van der Waals surface area contributed by atoms with E-state index in [9.17, 15) is 4.79 Å². The third-order valence-electron chi connectivity index (χ3n) is 6.16. The van der Waals surface area contributed by atoms with E-state index in [0.29, 0.717) is 5.91 Å². The molecule has 1 aromatic carbocycles. The van der Waals surface area contributed by atoms with Gasteiger partial charge in [-0.05, 0) is 47.6 Å². The van der Waals surface area contributed by atoms with Crippen LogP contribution in [0.1, 0.15) is 25.3 Å². The fourth-order valence-corrected chi connectivity index (χ4v) is 4.56. The molecule has 2 aliphatic heterocycles. The molecule has 0 saturated carbocycles. The van der Waals surface area contributed by atoms with Gasteiger partial charge in [-0.1, -0.05) is 43.3 Å². The van der Waals surface area contributed by atoms with E-state index in [1.54, 1.807) is 6.20 Å². The van der Waals surface area contributed by atoms with Crippen LogP contribution in [0.15, 0.2) is 60.4 Å². The molecule has 1 saturated heterocycles. The number of carbonyl (C=O) groups excluding carboxylic acids is 1. The Hall–Kier alpha value is -2.50. The van der Waals surface area contributed by atoms with Gasteiger partial charge in [0, 0.05) is 45.1 Å². The average molecular weight is 420 g/mol. The molecule has 0 spiro atoms. The first-order valence-corrected chi connectivity index (χ1v) is 11.5. The van der Waals surface area contributed by atoms with Crippen molar-refractivity contribution in [3.05, 3.63) is 66.0 Å². The molecule has 0 bridgehead atoms. The van der Waals surface area contributed by atoms with Crippen molar-refractivity contribution in [2.45, 2.75) is 26.2 Å². The van der Waals surface area contributed by atoms with Crippen LogP contribution in [0.3, 0.4) is 0 Å². The van der Waals surface area contributed by atoms with Gasteiger partial charge in [0.05, 0.1) is 19.1 Å². The van der Waals surface area contributed by atoms with Gasteiger partial charge in [-0.15, -0.1) is 0 Å². The Morgan fingerprint density at radius 3 is 2.71 bits per heavy atom. The summed E-state index contributed by atoms with van der Waals surface area (Å²) in [5.74, 6) is 0.290. The summed E-state index contributed by atoms with van der Waals surface area (Å²) in [6.45, 7) is 8.00. The fourth-order valence-electron chi connectivity index (χ4n) is 4.56. The number of amides is 1. The van der Waals surface area contributed by atoms with Crippen molar-refractivity contribution in [3.63, 3.8) is 0 Å². The lowest BCUT2D eigenvalue weighted by Crippen LogP contribution is -2.38. The van der Waals surface area contributed by atoms with Crippen LogP contribution >= 0.6 is 0 Å². The highest BCUT2D eigenvalue weighted by molar-refractivity contribution is 5.79. The smallest absolute Gasteiger partial charge is 0.227 e. The van der Waals surface area contributed by atoms with Gasteiger partial charge in [0.2, 0.25) is 5.91 Å². The normalized spacial score (nSPS) is 20.4. The van der Waals surface area contributed by atoms with Crippen molar-refractivity contribution in [1.29, 1.82) is 0 Å². The summed E-state index contributed by atoms with van der Waals surface area (Å²) in [4.78, 5) is 22.0. The molecular weight excluding hydrogens is 386 g/mol. The highest BCUT2D eigenvalue weighted by Gasteiger charge is 2.30. The summed E-state index contributed by atoms with van der Waals surface area (Å²) in [5, 5.41) is 0. The molecule has 5 heteroatoms. The Bertz CT molecular complexity index is 879. The zero-order valence-electron chi connectivity index (χ0n) is 18.5. The summed E-state index contributed by atoms with van der Waals surface area (Å²) >= 11 is 0. The van der Waals surface area contributed by atoms with Gasteiger partial charge in [0.25, 0.3) is 0 Å². The Morgan fingerprint density at radius 1 is 1.13 bits per heavy atom. The molecule has 0 radical (unpaired) electrons. The van der Waals surface area contributed by atoms with Crippen LogP contribution < -0.4 is 0 Å². The second-order valence-electron chi connectivity index (χ2n) is 8.60. The maximum absolute atomic E-state index is 13.3. The summed E-state index contributed by atoms with van der Waals surface area (Å²) < 4.78 is 5.63. The van der Waals surface area contributed by atoms with Gasteiger partial charge >= 0.3 is 0 Å². The molecule has 1 amide bonds. The Labute approximate surface area is 185 Å². The summed E-state index contributed by atoms with van der Waals surface area (Å²) in [6, 6.07) is 12.6. The minimum atomic E-state index is -0.0107. The van der Waals surface area contributed by atoms with Crippen molar-refractivity contribution < 1.29 is 9.53 Å². The highest BCUT2D eigenvalue weighted by Crippen LogP contribution is 2.22. The topological polar surface area (TPSA) is 45.7 Å². The molecule has 2 aliphatic rings. The highest BCUT2D eigenvalue weighted by atomic mass is 16.5. The molecule has 1 fully saturated rings. The Kier molecular flexibility index (Phi) is 7.49. The minimum absolute atomic E-state index is 0.0107. The predicted octanol–water partition coefficient (Wildman–Crippen LogP) is 3.81. The molecule has 1 aromatic heterocycles. The minimum Gasteiger partial charge on any atom is -0.377 e. The number of pyridine rings is 1. The molecule has 1 atom stereocenters. The van der Waals surface area contributed by atoms with Gasteiger partial charge in [-0.3, -0.25) is 14.7 Å². The SMILES string of the molecule is CCCN1CCN(CC2=CCCOC2)CC(Cc2ccc(-c3cccnc3)cc2)C1=O. The molecule has 4 rings (SSSR count). The van der Waals surface area contributed by atoms with Crippen molar-refractivity contribution in [2.24, 2.45) is 5.92 Å². The van der Waals surface area contributed by atoms with E-state index >= 15 is 0 Å². The van der Waals surface area contributed by atoms with E-state index in [1.165, 1.54) is 11.1 Å². The Morgan fingerprint density at radius 2 is 2.00 bits per heavy atom. The first kappa shape index (κ1) is 21.7. The molecule has 2 aromatic rings. The average Bonchev–Trinajstić information content (AvgIpc) is 2.95. The van der Waals surface area contributed by atoms with Gasteiger partial charge in [0.15, 0.2) is 0 Å². The fraction of sp³-hybridized carbons (Fsp3) is 0.462. The second kappa shape index (κ2) is 10.7. The van der Waals surface area contributed by atoms with Gasteiger partial charge in [-0.2, -0.15) is 0 Å². The summed E-state index contributed by atoms with van der Waals surface area (Å²) in [5.41, 5.74) is 4.83. The second-order valence-corrected chi connectivity index (χ2v) is 8.60. The molecule has 31 heavy (non-hydrogen) atoms. The lowest BCUT2D eigenvalue weighted by atomic mass is 9.95. The lowest BCUT2D eigenvalue weighted by molar-refractivity contribution is -0.134. The summed E-state index contributed by atoms with van der Waals surface area (Å²) in [7, 11) is 0. The third kappa shape index (κ3) is 5.81. The monoisotopic (exact) mass is 419 g/mol. The van der Waals surface area contributed by atoms with Crippen molar-refractivity contribution in [3.8, 4) is 11.1 Å². The van der Waals surface area contributed by atoms with E-state index < -0.39 is 0 Å². The molecule has 0 aliphatic carbocycles. The number of carbonyl (C=O) groups is 1. The number of rotatable bonds is 7. The largest absolute Gasteiger partial charge is 0.377 e. The number of ether oxygens (including phenoxy) is 1. The maximum Gasteiger partial charge on any atom is 0.227 e. The van der Waals surface area contributed by atoms with Crippen LogP contribution in [0, 0.1) is 5.92 Å². The molecular formula is C26H33N3O2. The zero-order chi connectivity index (χ0) is 21.5. The quantitative estimate of drug-likeness (QED) is 0.641. The third-order valence-corrected chi connectivity index (χ3v) is 6.16. The van der Waals surface area contributed by atoms with Gasteiger partial charge < -0.3 is 9.64 Å². The van der Waals surface area contributed by atoms with Gasteiger partial charge in [-0.25, -0.2) is 0 Å². The van der Waals surface area contributed by atoms with Crippen LogP contribution in [0.5, 0.6) is 0 Å².